The Morgan fingerprint density at radius 3 is 2.33 bits per heavy atom. The van der Waals surface area contributed by atoms with E-state index in [1.165, 1.54) is 17.0 Å². The summed E-state index contributed by atoms with van der Waals surface area (Å²) in [5, 5.41) is 16.3. The molecule has 1 fully saturated rings. The van der Waals surface area contributed by atoms with E-state index in [0.717, 1.165) is 27.6 Å². The molecule has 1 aliphatic rings. The highest BCUT2D eigenvalue weighted by Gasteiger charge is 2.37. The molecule has 0 aliphatic carbocycles. The first-order valence-corrected chi connectivity index (χ1v) is 15.5. The Morgan fingerprint density at radius 1 is 0.891 bits per heavy atom. The van der Waals surface area contributed by atoms with Crippen LogP contribution in [0.1, 0.15) is 36.0 Å². The lowest BCUT2D eigenvalue weighted by atomic mass is 10.0. The Kier molecular flexibility index (Phi) is 10.3. The summed E-state index contributed by atoms with van der Waals surface area (Å²) in [5.41, 5.74) is 15.4. The number of nitrogens with two attached hydrogens (primary N) is 2. The fraction of sp³-hybridized carbons (Fsp3) is 0.314. The van der Waals surface area contributed by atoms with Crippen LogP contribution in [0.4, 0.5) is 0 Å². The molecule has 1 aliphatic heterocycles. The molecule has 11 nitrogen and oxygen atoms in total. The Hall–Kier alpha value is -5.16. The number of nitrogens with zero attached hydrogens (tertiary/aromatic N) is 1. The number of phenols is 1. The number of benzene rings is 3. The number of amides is 4. The van der Waals surface area contributed by atoms with Gasteiger partial charge in [0.1, 0.15) is 17.8 Å². The number of fused-ring (bicyclic) bond motifs is 1. The largest absolute Gasteiger partial charge is 0.508 e. The summed E-state index contributed by atoms with van der Waals surface area (Å²) in [6.07, 6.45) is 3.70. The number of hydrogen-bond acceptors (Lipinski definition) is 6. The molecule has 5 rings (SSSR count). The van der Waals surface area contributed by atoms with Crippen molar-refractivity contribution >= 4 is 34.5 Å². The summed E-state index contributed by atoms with van der Waals surface area (Å²) in [6, 6.07) is 20.4. The van der Waals surface area contributed by atoms with Crippen LogP contribution < -0.4 is 22.1 Å². The van der Waals surface area contributed by atoms with E-state index in [0.29, 0.717) is 25.8 Å². The van der Waals surface area contributed by atoms with Gasteiger partial charge in [-0.05, 0) is 60.6 Å². The Labute approximate surface area is 267 Å². The molecule has 0 spiro atoms. The zero-order valence-corrected chi connectivity index (χ0v) is 25.5. The van der Waals surface area contributed by atoms with Crippen LogP contribution in [0.25, 0.3) is 10.9 Å². The van der Waals surface area contributed by atoms with Gasteiger partial charge in [-0.1, -0.05) is 60.7 Å². The van der Waals surface area contributed by atoms with Crippen LogP contribution in [-0.2, 0) is 38.4 Å². The van der Waals surface area contributed by atoms with Gasteiger partial charge in [-0.2, -0.15) is 0 Å². The van der Waals surface area contributed by atoms with Crippen molar-refractivity contribution in [3.63, 3.8) is 0 Å². The molecule has 8 N–H and O–H groups in total. The van der Waals surface area contributed by atoms with E-state index in [2.05, 4.69) is 15.6 Å². The first-order valence-electron chi connectivity index (χ1n) is 15.5. The van der Waals surface area contributed by atoms with Gasteiger partial charge in [0, 0.05) is 42.5 Å². The molecule has 11 heteroatoms. The number of aromatic hydroxyl groups is 1. The minimum absolute atomic E-state index is 0.106. The minimum atomic E-state index is -0.919. The zero-order valence-electron chi connectivity index (χ0n) is 25.5. The third kappa shape index (κ3) is 8.10. The predicted octanol–water partition coefficient (Wildman–Crippen LogP) is 2.06. The summed E-state index contributed by atoms with van der Waals surface area (Å²) in [6.45, 7) is 0.396. The maximum atomic E-state index is 13.7. The molecule has 0 radical (unpaired) electrons. The van der Waals surface area contributed by atoms with Crippen LogP contribution >= 0.6 is 0 Å². The minimum Gasteiger partial charge on any atom is -0.508 e. The van der Waals surface area contributed by atoms with Gasteiger partial charge < -0.3 is 37.1 Å². The number of carbonyl (C=O) groups excluding carboxylic acids is 4. The normalized spacial score (nSPS) is 16.5. The highest BCUT2D eigenvalue weighted by molar-refractivity contribution is 5.91. The van der Waals surface area contributed by atoms with E-state index in [-0.39, 0.29) is 36.8 Å². The fourth-order valence-corrected chi connectivity index (χ4v) is 6.08. The number of H-pyrrole nitrogens is 1. The molecule has 240 valence electrons. The van der Waals surface area contributed by atoms with Crippen molar-refractivity contribution in [1.82, 2.24) is 20.5 Å². The number of nitrogens with one attached hydrogen (secondary N) is 3. The number of phenolic OH excluding ortho intramolecular Hbond substituents is 1. The fourth-order valence-electron chi connectivity index (χ4n) is 6.08. The van der Waals surface area contributed by atoms with E-state index in [4.69, 9.17) is 11.5 Å². The second-order valence-electron chi connectivity index (χ2n) is 11.9. The average Bonchev–Trinajstić information content (AvgIpc) is 3.70. The first kappa shape index (κ1) is 32.2. The van der Waals surface area contributed by atoms with Crippen molar-refractivity contribution in [3.05, 3.63) is 102 Å². The molecular weight excluding hydrogens is 584 g/mol. The molecule has 4 aromatic rings. The quantitative estimate of drug-likeness (QED) is 0.132. The Morgan fingerprint density at radius 2 is 1.59 bits per heavy atom. The first-order chi connectivity index (χ1) is 22.2. The van der Waals surface area contributed by atoms with E-state index < -0.39 is 36.0 Å². The van der Waals surface area contributed by atoms with Gasteiger partial charge in [0.05, 0.1) is 6.04 Å². The second kappa shape index (κ2) is 14.7. The van der Waals surface area contributed by atoms with Crippen LogP contribution in [0.15, 0.2) is 85.1 Å². The maximum Gasteiger partial charge on any atom is 0.243 e. The van der Waals surface area contributed by atoms with E-state index in [1.807, 2.05) is 60.8 Å². The average molecular weight is 625 g/mol. The summed E-state index contributed by atoms with van der Waals surface area (Å²) in [5.74, 6) is -1.66. The van der Waals surface area contributed by atoms with E-state index >= 15 is 0 Å². The van der Waals surface area contributed by atoms with Crippen LogP contribution in [0.5, 0.6) is 5.75 Å². The van der Waals surface area contributed by atoms with Crippen LogP contribution in [-0.4, -0.2) is 69.3 Å². The van der Waals surface area contributed by atoms with Crippen molar-refractivity contribution in [1.29, 1.82) is 0 Å². The van der Waals surface area contributed by atoms with Crippen molar-refractivity contribution in [2.45, 2.75) is 62.7 Å². The number of carbonyl (C=O) groups is 4. The molecule has 4 amide bonds. The molecule has 3 aromatic carbocycles. The molecular formula is C35H40N6O5. The zero-order chi connectivity index (χ0) is 32.6. The SMILES string of the molecule is NC(=O)[C@H](Cc1ccccc1)NC(=O)C[C@H](Cc1c[nH]c2ccccc12)NC(=O)[C@@H]1CCCN1C(=O)[C@@H](N)Cc1ccc(O)cc1. The molecule has 1 saturated heterocycles. The van der Waals surface area contributed by atoms with Crippen LogP contribution in [0.2, 0.25) is 0 Å². The summed E-state index contributed by atoms with van der Waals surface area (Å²) in [4.78, 5) is 57.5. The lowest BCUT2D eigenvalue weighted by molar-refractivity contribution is -0.139. The van der Waals surface area contributed by atoms with E-state index in [9.17, 15) is 24.3 Å². The molecule has 2 heterocycles. The lowest BCUT2D eigenvalue weighted by Crippen LogP contribution is -2.54. The molecule has 0 bridgehead atoms. The number of rotatable bonds is 13. The highest BCUT2D eigenvalue weighted by Crippen LogP contribution is 2.23. The number of aromatic amines is 1. The van der Waals surface area contributed by atoms with Gasteiger partial charge >= 0.3 is 0 Å². The Balaban J connectivity index is 1.29. The number of likely N-dealkylation sites (tertiary alicyclic amines) is 1. The third-order valence-electron chi connectivity index (χ3n) is 8.43. The standard InChI is InChI=1S/C35H40N6O5/c36-28(17-23-12-14-26(42)15-13-23)35(46)41-16-6-11-31(41)34(45)39-25(19-24-21-38-29-10-5-4-9-27(24)29)20-32(43)40-30(33(37)44)18-22-7-2-1-3-8-22/h1-5,7-10,12-15,21,25,28,30-31,38,42H,6,11,16-20,36H2,(H2,37,44)(H,39,45)(H,40,43)/t25-,28-,30-,31-/m0/s1. The number of aromatic nitrogens is 1. The molecule has 1 aromatic heterocycles. The van der Waals surface area contributed by atoms with Crippen molar-refractivity contribution in [2.75, 3.05) is 6.54 Å². The van der Waals surface area contributed by atoms with Gasteiger partial charge in [-0.15, -0.1) is 0 Å². The summed E-state index contributed by atoms with van der Waals surface area (Å²) in [7, 11) is 0. The van der Waals surface area contributed by atoms with Crippen molar-refractivity contribution in [3.8, 4) is 5.75 Å². The Bertz CT molecular complexity index is 1670. The maximum absolute atomic E-state index is 13.7. The summed E-state index contributed by atoms with van der Waals surface area (Å²) >= 11 is 0. The van der Waals surface area contributed by atoms with Crippen LogP contribution in [0.3, 0.4) is 0 Å². The summed E-state index contributed by atoms with van der Waals surface area (Å²) < 4.78 is 0. The van der Waals surface area contributed by atoms with Crippen LogP contribution in [0, 0.1) is 0 Å². The topological polar surface area (TPSA) is 184 Å². The van der Waals surface area contributed by atoms with E-state index in [1.54, 1.807) is 12.1 Å². The van der Waals surface area contributed by atoms with Gasteiger partial charge in [0.25, 0.3) is 0 Å². The second-order valence-corrected chi connectivity index (χ2v) is 11.9. The lowest BCUT2D eigenvalue weighted by Gasteiger charge is -2.28. The van der Waals surface area contributed by atoms with Crippen molar-refractivity contribution in [2.24, 2.45) is 11.5 Å². The molecule has 4 atom stereocenters. The molecule has 0 unspecified atom stereocenters. The van der Waals surface area contributed by atoms with Gasteiger partial charge in [-0.25, -0.2) is 0 Å². The molecule has 46 heavy (non-hydrogen) atoms. The molecule has 0 saturated carbocycles. The van der Waals surface area contributed by atoms with Gasteiger partial charge in [-0.3, -0.25) is 19.2 Å². The smallest absolute Gasteiger partial charge is 0.243 e. The third-order valence-corrected chi connectivity index (χ3v) is 8.43. The van der Waals surface area contributed by atoms with Gasteiger partial charge in [0.2, 0.25) is 23.6 Å². The number of hydrogen-bond donors (Lipinski definition) is 6. The monoisotopic (exact) mass is 624 g/mol. The predicted molar refractivity (Wildman–Crippen MR) is 174 cm³/mol. The van der Waals surface area contributed by atoms with Gasteiger partial charge in [0.15, 0.2) is 0 Å². The number of para-hydroxylation sites is 1. The highest BCUT2D eigenvalue weighted by atomic mass is 16.3. The number of primary amides is 1. The van der Waals surface area contributed by atoms with Crippen molar-refractivity contribution < 1.29 is 24.3 Å².